The van der Waals surface area contributed by atoms with Gasteiger partial charge in [-0.25, -0.2) is 5.43 Å². The van der Waals surface area contributed by atoms with Gasteiger partial charge in [0.15, 0.2) is 0 Å². The first-order chi connectivity index (χ1) is 13.1. The number of rotatable bonds is 4. The van der Waals surface area contributed by atoms with Crippen molar-refractivity contribution in [3.05, 3.63) is 59.5 Å². The summed E-state index contributed by atoms with van der Waals surface area (Å²) in [6.45, 7) is 2.13. The van der Waals surface area contributed by atoms with Gasteiger partial charge in [-0.3, -0.25) is 4.79 Å². The third-order valence-corrected chi connectivity index (χ3v) is 7.11. The topological polar surface area (TPSA) is 54.6 Å². The van der Waals surface area contributed by atoms with Crippen molar-refractivity contribution < 1.29 is 9.21 Å². The van der Waals surface area contributed by atoms with E-state index in [9.17, 15) is 4.79 Å². The Kier molecular flexibility index (Phi) is 3.78. The van der Waals surface area contributed by atoms with Crippen LogP contribution >= 0.6 is 0 Å². The molecule has 0 radical (unpaired) electrons. The maximum Gasteiger partial charge on any atom is 0.246 e. The fourth-order valence-electron chi connectivity index (χ4n) is 6.41. The molecule has 4 aliphatic carbocycles. The summed E-state index contributed by atoms with van der Waals surface area (Å²) in [5.74, 6) is 2.06. The average molecular weight is 362 g/mol. The van der Waals surface area contributed by atoms with Gasteiger partial charge < -0.3 is 4.42 Å². The van der Waals surface area contributed by atoms with Crippen LogP contribution in [-0.4, -0.2) is 12.1 Å². The number of hydrazone groups is 1. The van der Waals surface area contributed by atoms with Crippen molar-refractivity contribution in [3.63, 3.8) is 0 Å². The Bertz CT molecular complexity index is 852. The molecule has 1 aromatic heterocycles. The van der Waals surface area contributed by atoms with Gasteiger partial charge in [0, 0.05) is 0 Å². The lowest BCUT2D eigenvalue weighted by Gasteiger charge is -2.61. The van der Waals surface area contributed by atoms with E-state index in [4.69, 9.17) is 4.42 Å². The Morgan fingerprint density at radius 1 is 1.15 bits per heavy atom. The van der Waals surface area contributed by atoms with Crippen molar-refractivity contribution in [2.75, 3.05) is 0 Å². The molecule has 0 aliphatic heterocycles. The van der Waals surface area contributed by atoms with E-state index in [1.54, 1.807) is 12.5 Å². The van der Waals surface area contributed by atoms with Gasteiger partial charge in [-0.2, -0.15) is 5.10 Å². The van der Waals surface area contributed by atoms with Crippen molar-refractivity contribution in [1.82, 2.24) is 5.43 Å². The zero-order valence-corrected chi connectivity index (χ0v) is 15.8. The quantitative estimate of drug-likeness (QED) is 0.639. The third-order valence-electron chi connectivity index (χ3n) is 7.11. The van der Waals surface area contributed by atoms with Crippen molar-refractivity contribution in [2.24, 2.45) is 22.4 Å². The average Bonchev–Trinajstić information content (AvgIpc) is 3.14. The van der Waals surface area contributed by atoms with Crippen molar-refractivity contribution in [3.8, 4) is 0 Å². The first-order valence-corrected chi connectivity index (χ1v) is 10.0. The molecule has 4 nitrogen and oxygen atoms in total. The van der Waals surface area contributed by atoms with Gasteiger partial charge in [-0.15, -0.1) is 0 Å². The maximum absolute atomic E-state index is 13.2. The summed E-state index contributed by atoms with van der Waals surface area (Å²) in [4.78, 5) is 13.2. The highest BCUT2D eigenvalue weighted by Crippen LogP contribution is 2.65. The smallest absolute Gasteiger partial charge is 0.246 e. The van der Waals surface area contributed by atoms with E-state index in [0.29, 0.717) is 17.6 Å². The van der Waals surface area contributed by atoms with Gasteiger partial charge in [-0.1, -0.05) is 29.8 Å². The van der Waals surface area contributed by atoms with E-state index in [2.05, 4.69) is 41.7 Å². The monoisotopic (exact) mass is 362 g/mol. The van der Waals surface area contributed by atoms with Crippen LogP contribution in [0, 0.1) is 24.2 Å². The number of nitrogens with one attached hydrogen (secondary N) is 1. The summed E-state index contributed by atoms with van der Waals surface area (Å²) in [6.07, 6.45) is 9.92. The van der Waals surface area contributed by atoms with Crippen LogP contribution in [-0.2, 0) is 10.2 Å². The molecular weight excluding hydrogens is 336 g/mol. The molecule has 4 aliphatic rings. The molecule has 4 fully saturated rings. The molecule has 140 valence electrons. The Morgan fingerprint density at radius 2 is 1.89 bits per heavy atom. The molecule has 1 N–H and O–H groups in total. The second-order valence-corrected chi connectivity index (χ2v) is 9.10. The lowest BCUT2D eigenvalue weighted by molar-refractivity contribution is -0.149. The van der Waals surface area contributed by atoms with Gasteiger partial charge in [0.1, 0.15) is 5.76 Å². The summed E-state index contributed by atoms with van der Waals surface area (Å²) < 4.78 is 5.25. The number of amides is 1. The normalized spacial score (nSPS) is 34.3. The highest BCUT2D eigenvalue weighted by atomic mass is 16.3. The van der Waals surface area contributed by atoms with E-state index in [1.165, 1.54) is 30.4 Å². The molecule has 1 heterocycles. The minimum Gasteiger partial charge on any atom is -0.463 e. The van der Waals surface area contributed by atoms with Crippen LogP contribution in [0.25, 0.3) is 0 Å². The van der Waals surface area contributed by atoms with E-state index in [1.807, 2.05) is 12.1 Å². The predicted molar refractivity (Wildman–Crippen MR) is 104 cm³/mol. The van der Waals surface area contributed by atoms with Crippen LogP contribution in [0.15, 0.2) is 52.2 Å². The molecule has 27 heavy (non-hydrogen) atoms. The number of hydrogen-bond donors (Lipinski definition) is 1. The SMILES string of the molecule is Cc1ccc(C23CC4CC(CC(C(=O)N/N=C\c5ccco5)(C4)C2)C3)cc1. The van der Waals surface area contributed by atoms with Crippen LogP contribution in [0.5, 0.6) is 0 Å². The van der Waals surface area contributed by atoms with Crippen molar-refractivity contribution >= 4 is 12.1 Å². The number of carbonyl (C=O) groups excluding carboxylic acids is 1. The molecular formula is C23H26N2O2. The number of aryl methyl sites for hydroxylation is 1. The van der Waals surface area contributed by atoms with Gasteiger partial charge in [0.05, 0.1) is 17.9 Å². The number of carbonyl (C=O) groups is 1. The lowest BCUT2D eigenvalue weighted by Crippen LogP contribution is -2.58. The summed E-state index contributed by atoms with van der Waals surface area (Å²) in [5, 5.41) is 4.16. The molecule has 1 amide bonds. The highest BCUT2D eigenvalue weighted by molar-refractivity contribution is 5.85. The fourth-order valence-corrected chi connectivity index (χ4v) is 6.41. The maximum atomic E-state index is 13.2. The second kappa shape index (κ2) is 6.08. The summed E-state index contributed by atoms with van der Waals surface area (Å²) in [6, 6.07) is 12.7. The summed E-state index contributed by atoms with van der Waals surface area (Å²) in [7, 11) is 0. The lowest BCUT2D eigenvalue weighted by atomic mass is 9.42. The number of benzene rings is 1. The van der Waals surface area contributed by atoms with E-state index >= 15 is 0 Å². The molecule has 0 spiro atoms. The molecule has 2 aromatic rings. The highest BCUT2D eigenvalue weighted by Gasteiger charge is 2.60. The first kappa shape index (κ1) is 16.8. The van der Waals surface area contributed by atoms with Crippen molar-refractivity contribution in [1.29, 1.82) is 0 Å². The Hall–Kier alpha value is -2.36. The molecule has 1 aromatic carbocycles. The zero-order valence-electron chi connectivity index (χ0n) is 15.8. The Labute approximate surface area is 160 Å². The van der Waals surface area contributed by atoms with E-state index in [0.717, 1.165) is 19.3 Å². The van der Waals surface area contributed by atoms with Gasteiger partial charge in [0.25, 0.3) is 0 Å². The number of nitrogens with zero attached hydrogens (tertiary/aromatic N) is 1. The fraction of sp³-hybridized carbons (Fsp3) is 0.478. The van der Waals surface area contributed by atoms with Crippen LogP contribution in [0.2, 0.25) is 0 Å². The van der Waals surface area contributed by atoms with Crippen LogP contribution in [0.4, 0.5) is 0 Å². The molecule has 0 saturated heterocycles. The van der Waals surface area contributed by atoms with Crippen LogP contribution in [0.1, 0.15) is 55.4 Å². The largest absolute Gasteiger partial charge is 0.463 e. The molecule has 4 saturated carbocycles. The molecule has 4 bridgehead atoms. The minimum atomic E-state index is -0.268. The summed E-state index contributed by atoms with van der Waals surface area (Å²) in [5.41, 5.74) is 5.45. The van der Waals surface area contributed by atoms with E-state index in [-0.39, 0.29) is 16.7 Å². The number of hydrogen-bond acceptors (Lipinski definition) is 3. The van der Waals surface area contributed by atoms with Gasteiger partial charge in [-0.05, 0) is 80.4 Å². The molecule has 2 unspecified atom stereocenters. The minimum absolute atomic E-state index is 0.0934. The number of furan rings is 1. The third kappa shape index (κ3) is 2.82. The first-order valence-electron chi connectivity index (χ1n) is 10.0. The van der Waals surface area contributed by atoms with Gasteiger partial charge >= 0.3 is 0 Å². The molecule has 4 heteroatoms. The van der Waals surface area contributed by atoms with E-state index < -0.39 is 0 Å². The molecule has 2 atom stereocenters. The Morgan fingerprint density at radius 3 is 2.56 bits per heavy atom. The van der Waals surface area contributed by atoms with Gasteiger partial charge in [0.2, 0.25) is 5.91 Å². The standard InChI is InChI=1S/C23H26N2O2/c1-16-4-6-19(7-5-16)22-10-17-9-18(11-22)13-23(12-17,15-22)21(26)25-24-14-20-3-2-8-27-20/h2-8,14,17-18H,9-13,15H2,1H3,(H,25,26)/b24-14-. The summed E-state index contributed by atoms with van der Waals surface area (Å²) >= 11 is 0. The zero-order chi connectivity index (χ0) is 18.5. The predicted octanol–water partition coefficient (Wildman–Crippen LogP) is 4.58. The van der Waals surface area contributed by atoms with Crippen molar-refractivity contribution in [2.45, 2.75) is 50.9 Å². The van der Waals surface area contributed by atoms with Crippen LogP contribution < -0.4 is 5.43 Å². The van der Waals surface area contributed by atoms with Crippen LogP contribution in [0.3, 0.4) is 0 Å². The second-order valence-electron chi connectivity index (χ2n) is 9.10. The Balaban J connectivity index is 1.41. The molecule has 6 rings (SSSR count).